The van der Waals surface area contributed by atoms with Gasteiger partial charge in [-0.15, -0.1) is 0 Å². The molecule has 2 heterocycles. The summed E-state index contributed by atoms with van der Waals surface area (Å²) in [6.45, 7) is 9.51. The van der Waals surface area contributed by atoms with Gasteiger partial charge in [0.05, 0.1) is 39.0 Å². The predicted octanol–water partition coefficient (Wildman–Crippen LogP) is 3.33. The molecule has 1 atom stereocenters. The highest BCUT2D eigenvalue weighted by atomic mass is 16.5. The number of aliphatic hydroxyl groups is 1. The number of likely N-dealkylation sites (tertiary alicyclic amines) is 1. The van der Waals surface area contributed by atoms with Crippen LogP contribution in [0, 0.1) is 6.92 Å². The Morgan fingerprint density at radius 3 is 2.42 bits per heavy atom. The Bertz CT molecular complexity index is 1230. The molecule has 2 saturated heterocycles. The number of aliphatic hydroxyl groups excluding tert-OH is 1. The zero-order chi connectivity index (χ0) is 27.2. The van der Waals surface area contributed by atoms with E-state index in [0.717, 1.165) is 18.7 Å². The molecular formula is C29H34N2O7. The normalized spacial score (nSPS) is 19.4. The van der Waals surface area contributed by atoms with Crippen molar-refractivity contribution in [2.45, 2.75) is 13.0 Å². The number of aryl methyl sites for hydroxylation is 1. The van der Waals surface area contributed by atoms with E-state index < -0.39 is 17.7 Å². The van der Waals surface area contributed by atoms with Crippen molar-refractivity contribution in [2.24, 2.45) is 0 Å². The van der Waals surface area contributed by atoms with E-state index in [9.17, 15) is 14.7 Å². The monoisotopic (exact) mass is 522 g/mol. The Hall–Kier alpha value is -3.82. The third-order valence-electron chi connectivity index (χ3n) is 6.83. The fraction of sp³-hybridized carbons (Fsp3) is 0.379. The molecule has 1 unspecified atom stereocenters. The van der Waals surface area contributed by atoms with E-state index in [2.05, 4.69) is 11.5 Å². The van der Waals surface area contributed by atoms with Crippen LogP contribution >= 0.6 is 0 Å². The van der Waals surface area contributed by atoms with Crippen molar-refractivity contribution >= 4 is 17.4 Å². The summed E-state index contributed by atoms with van der Waals surface area (Å²) in [5.41, 5.74) is 1.86. The fourth-order valence-corrected chi connectivity index (χ4v) is 4.82. The Kier molecular flexibility index (Phi) is 8.70. The van der Waals surface area contributed by atoms with Crippen LogP contribution in [0.4, 0.5) is 0 Å². The largest absolute Gasteiger partial charge is 0.507 e. The number of rotatable bonds is 10. The molecule has 0 aromatic heterocycles. The first kappa shape index (κ1) is 27.2. The molecule has 38 heavy (non-hydrogen) atoms. The van der Waals surface area contributed by atoms with Crippen LogP contribution in [-0.4, -0.2) is 86.8 Å². The maximum Gasteiger partial charge on any atom is 0.295 e. The second kappa shape index (κ2) is 12.1. The number of carbonyl (C=O) groups is 2. The molecule has 4 rings (SSSR count). The molecule has 0 spiro atoms. The quantitative estimate of drug-likeness (QED) is 0.220. The third kappa shape index (κ3) is 5.54. The average Bonchev–Trinajstić information content (AvgIpc) is 3.20. The zero-order valence-electron chi connectivity index (χ0n) is 22.1. The number of ketones is 1. The van der Waals surface area contributed by atoms with Gasteiger partial charge in [-0.1, -0.05) is 18.7 Å². The molecule has 2 aromatic carbocycles. The van der Waals surface area contributed by atoms with E-state index >= 15 is 0 Å². The summed E-state index contributed by atoms with van der Waals surface area (Å²) in [4.78, 5) is 30.5. The van der Waals surface area contributed by atoms with Crippen LogP contribution in [0.2, 0.25) is 0 Å². The maximum absolute atomic E-state index is 13.4. The second-order valence-corrected chi connectivity index (χ2v) is 9.14. The summed E-state index contributed by atoms with van der Waals surface area (Å²) in [6, 6.07) is 9.59. The van der Waals surface area contributed by atoms with Gasteiger partial charge in [0.2, 0.25) is 0 Å². The van der Waals surface area contributed by atoms with Gasteiger partial charge in [-0.25, -0.2) is 0 Å². The van der Waals surface area contributed by atoms with Gasteiger partial charge in [0.15, 0.2) is 11.5 Å². The molecule has 1 N–H and O–H groups in total. The van der Waals surface area contributed by atoms with E-state index in [1.165, 1.54) is 19.1 Å². The summed E-state index contributed by atoms with van der Waals surface area (Å²) in [7, 11) is 3.06. The van der Waals surface area contributed by atoms with Crippen LogP contribution in [0.5, 0.6) is 17.2 Å². The Morgan fingerprint density at radius 1 is 1.05 bits per heavy atom. The lowest BCUT2D eigenvalue weighted by Gasteiger charge is -2.31. The van der Waals surface area contributed by atoms with Crippen LogP contribution < -0.4 is 14.2 Å². The van der Waals surface area contributed by atoms with Gasteiger partial charge in [-0.05, 0) is 48.4 Å². The Balaban J connectivity index is 1.77. The number of hydrogen-bond donors (Lipinski definition) is 1. The van der Waals surface area contributed by atoms with E-state index in [0.29, 0.717) is 61.3 Å². The number of methoxy groups -OCH3 is 2. The van der Waals surface area contributed by atoms with Gasteiger partial charge in [0.25, 0.3) is 11.7 Å². The molecule has 9 heteroatoms. The minimum atomic E-state index is -0.798. The van der Waals surface area contributed by atoms with E-state index in [-0.39, 0.29) is 11.3 Å². The van der Waals surface area contributed by atoms with E-state index in [1.807, 2.05) is 6.92 Å². The van der Waals surface area contributed by atoms with E-state index in [4.69, 9.17) is 18.9 Å². The summed E-state index contributed by atoms with van der Waals surface area (Å²) in [6.07, 6.45) is 1.65. The summed E-state index contributed by atoms with van der Waals surface area (Å²) in [5, 5.41) is 11.4. The molecule has 0 aliphatic carbocycles. The van der Waals surface area contributed by atoms with Crippen molar-refractivity contribution in [2.75, 3.05) is 60.2 Å². The lowest BCUT2D eigenvalue weighted by Crippen LogP contribution is -2.42. The number of amides is 1. The highest BCUT2D eigenvalue weighted by molar-refractivity contribution is 6.46. The average molecular weight is 523 g/mol. The maximum atomic E-state index is 13.4. The van der Waals surface area contributed by atoms with E-state index in [1.54, 1.807) is 42.5 Å². The van der Waals surface area contributed by atoms with Crippen molar-refractivity contribution < 1.29 is 33.6 Å². The summed E-state index contributed by atoms with van der Waals surface area (Å²) in [5.74, 6) is 0.00553. The minimum absolute atomic E-state index is 0.0309. The van der Waals surface area contributed by atoms with Gasteiger partial charge in [-0.2, -0.15) is 0 Å². The molecular weight excluding hydrogens is 488 g/mol. The molecule has 2 aromatic rings. The molecule has 2 aliphatic rings. The molecule has 0 saturated carbocycles. The Morgan fingerprint density at radius 2 is 1.76 bits per heavy atom. The number of hydrogen-bond acceptors (Lipinski definition) is 8. The van der Waals surface area contributed by atoms with Crippen molar-refractivity contribution in [3.63, 3.8) is 0 Å². The molecule has 1 amide bonds. The van der Waals surface area contributed by atoms with Gasteiger partial charge >= 0.3 is 0 Å². The van der Waals surface area contributed by atoms with Gasteiger partial charge < -0.3 is 29.0 Å². The smallest absolute Gasteiger partial charge is 0.295 e. The Labute approximate surface area is 222 Å². The lowest BCUT2D eigenvalue weighted by molar-refractivity contribution is -0.140. The summed E-state index contributed by atoms with van der Waals surface area (Å²) < 4.78 is 21.9. The molecule has 0 radical (unpaired) electrons. The van der Waals surface area contributed by atoms with Crippen molar-refractivity contribution in [1.29, 1.82) is 0 Å². The second-order valence-electron chi connectivity index (χ2n) is 9.14. The molecule has 9 nitrogen and oxygen atoms in total. The standard InChI is InChI=1S/C29H34N2O7/c1-5-14-38-22-8-7-21(17-19(22)2)27(32)25-26(20-6-9-23(35-3)24(18-20)36-4)31(29(34)28(25)33)11-10-30-12-15-37-16-13-30/h5-9,17-18,26,32H,1,10-16H2,2-4H3/b27-25-. The van der Waals surface area contributed by atoms with Crippen LogP contribution in [0.3, 0.4) is 0 Å². The van der Waals surface area contributed by atoms with Crippen LogP contribution in [0.25, 0.3) is 5.76 Å². The first-order valence-corrected chi connectivity index (χ1v) is 12.5. The minimum Gasteiger partial charge on any atom is -0.507 e. The van der Waals surface area contributed by atoms with Crippen molar-refractivity contribution in [3.8, 4) is 17.2 Å². The number of nitrogens with zero attached hydrogens (tertiary/aromatic N) is 2. The molecule has 0 bridgehead atoms. The van der Waals surface area contributed by atoms with Crippen LogP contribution in [0.15, 0.2) is 54.6 Å². The summed E-state index contributed by atoms with van der Waals surface area (Å²) >= 11 is 0. The number of ether oxygens (including phenoxy) is 4. The van der Waals surface area contributed by atoms with Crippen LogP contribution in [0.1, 0.15) is 22.7 Å². The lowest BCUT2D eigenvalue weighted by atomic mass is 9.94. The zero-order valence-corrected chi connectivity index (χ0v) is 22.1. The highest BCUT2D eigenvalue weighted by Gasteiger charge is 2.46. The van der Waals surface area contributed by atoms with Gasteiger partial charge in [0.1, 0.15) is 18.1 Å². The van der Waals surface area contributed by atoms with Crippen LogP contribution in [-0.2, 0) is 14.3 Å². The topological polar surface area (TPSA) is 97.8 Å². The first-order chi connectivity index (χ1) is 18.4. The number of benzene rings is 2. The number of carbonyl (C=O) groups excluding carboxylic acids is 2. The fourth-order valence-electron chi connectivity index (χ4n) is 4.82. The third-order valence-corrected chi connectivity index (χ3v) is 6.83. The van der Waals surface area contributed by atoms with Crippen molar-refractivity contribution in [1.82, 2.24) is 9.80 Å². The molecule has 2 aliphatic heterocycles. The molecule has 2 fully saturated rings. The predicted molar refractivity (Wildman–Crippen MR) is 143 cm³/mol. The molecule has 202 valence electrons. The SMILES string of the molecule is C=CCOc1ccc(/C(O)=C2/C(=O)C(=O)N(CCN3CCOCC3)C2c2ccc(OC)c(OC)c2)cc1C. The number of Topliss-reactive ketones (excluding diaryl/α,β-unsaturated/α-hetero) is 1. The van der Waals surface area contributed by atoms with Crippen molar-refractivity contribution in [3.05, 3.63) is 71.3 Å². The first-order valence-electron chi connectivity index (χ1n) is 12.5. The highest BCUT2D eigenvalue weighted by Crippen LogP contribution is 2.42. The van der Waals surface area contributed by atoms with Gasteiger partial charge in [0, 0.05) is 31.7 Å². The van der Waals surface area contributed by atoms with Gasteiger partial charge in [-0.3, -0.25) is 14.5 Å². The number of morpholine rings is 1.